The van der Waals surface area contributed by atoms with Crippen molar-refractivity contribution < 1.29 is 17.6 Å². The molecule has 4 aromatic heterocycles. The molecular weight excluding hydrogens is 436 g/mol. The van der Waals surface area contributed by atoms with Crippen LogP contribution in [-0.2, 0) is 11.6 Å². The van der Waals surface area contributed by atoms with Crippen LogP contribution in [0.25, 0.3) is 17.1 Å². The first kappa shape index (κ1) is 22.1. The standard InChI is InChI=1S/C23H16F4N6/c1-22(2,17-6-3-5-16(30-17)15-10-9-14(13-28)29-21(15)24)18-7-4-8-20(31-18)33-12-11-19(32-33)23(25,26)27/h3-12H,1-2H3. The van der Waals surface area contributed by atoms with Crippen LogP contribution in [0.2, 0.25) is 0 Å². The highest BCUT2D eigenvalue weighted by Crippen LogP contribution is 2.32. The summed E-state index contributed by atoms with van der Waals surface area (Å²) in [5.41, 5.74) is -0.264. The summed E-state index contributed by atoms with van der Waals surface area (Å²) >= 11 is 0. The average molecular weight is 452 g/mol. The number of hydrogen-bond donors (Lipinski definition) is 0. The Hall–Kier alpha value is -4.13. The lowest BCUT2D eigenvalue weighted by atomic mass is 9.84. The van der Waals surface area contributed by atoms with Crippen LogP contribution in [0.4, 0.5) is 17.6 Å². The number of nitriles is 1. The van der Waals surface area contributed by atoms with E-state index in [-0.39, 0.29) is 17.1 Å². The second kappa shape index (κ2) is 8.09. The van der Waals surface area contributed by atoms with E-state index >= 15 is 0 Å². The highest BCUT2D eigenvalue weighted by Gasteiger charge is 2.34. The van der Waals surface area contributed by atoms with E-state index in [0.717, 1.165) is 10.7 Å². The van der Waals surface area contributed by atoms with Gasteiger partial charge >= 0.3 is 6.18 Å². The number of rotatable bonds is 4. The van der Waals surface area contributed by atoms with E-state index in [1.807, 2.05) is 13.8 Å². The van der Waals surface area contributed by atoms with Crippen molar-refractivity contribution in [2.45, 2.75) is 25.4 Å². The molecule has 0 spiro atoms. The van der Waals surface area contributed by atoms with Gasteiger partial charge in [-0.15, -0.1) is 0 Å². The fourth-order valence-corrected chi connectivity index (χ4v) is 3.25. The van der Waals surface area contributed by atoms with Gasteiger partial charge in [0, 0.05) is 11.6 Å². The summed E-state index contributed by atoms with van der Waals surface area (Å²) in [5.74, 6) is -0.592. The van der Waals surface area contributed by atoms with E-state index in [9.17, 15) is 17.6 Å². The van der Waals surface area contributed by atoms with Crippen LogP contribution in [0.5, 0.6) is 0 Å². The number of pyridine rings is 3. The fourth-order valence-electron chi connectivity index (χ4n) is 3.25. The van der Waals surface area contributed by atoms with E-state index in [0.29, 0.717) is 17.1 Å². The molecule has 0 bridgehead atoms. The van der Waals surface area contributed by atoms with Crippen LogP contribution < -0.4 is 0 Å². The first-order chi connectivity index (χ1) is 15.6. The molecule has 0 atom stereocenters. The third kappa shape index (κ3) is 4.30. The normalized spacial score (nSPS) is 11.9. The van der Waals surface area contributed by atoms with Gasteiger partial charge in [-0.25, -0.2) is 14.6 Å². The summed E-state index contributed by atoms with van der Waals surface area (Å²) in [5, 5.41) is 12.4. The van der Waals surface area contributed by atoms with Crippen LogP contribution in [-0.4, -0.2) is 24.7 Å². The summed E-state index contributed by atoms with van der Waals surface area (Å²) in [6, 6.07) is 15.5. The van der Waals surface area contributed by atoms with Crippen LogP contribution >= 0.6 is 0 Å². The predicted molar refractivity (Wildman–Crippen MR) is 111 cm³/mol. The molecule has 0 saturated heterocycles. The highest BCUT2D eigenvalue weighted by atomic mass is 19.4. The minimum absolute atomic E-state index is 0.0407. The maximum absolute atomic E-state index is 14.4. The van der Waals surface area contributed by atoms with Crippen LogP contribution in [0.3, 0.4) is 0 Å². The first-order valence-corrected chi connectivity index (χ1v) is 9.75. The van der Waals surface area contributed by atoms with Crippen molar-refractivity contribution in [2.75, 3.05) is 0 Å². The number of hydrogen-bond acceptors (Lipinski definition) is 5. The lowest BCUT2D eigenvalue weighted by molar-refractivity contribution is -0.141. The Balaban J connectivity index is 1.71. The molecule has 0 saturated carbocycles. The zero-order valence-corrected chi connectivity index (χ0v) is 17.5. The van der Waals surface area contributed by atoms with Gasteiger partial charge < -0.3 is 0 Å². The molecule has 33 heavy (non-hydrogen) atoms. The third-order valence-electron chi connectivity index (χ3n) is 5.12. The molecule has 0 unspecified atom stereocenters. The molecule has 10 heteroatoms. The Kier molecular flexibility index (Phi) is 5.41. The Morgan fingerprint density at radius 1 is 0.848 bits per heavy atom. The van der Waals surface area contributed by atoms with Gasteiger partial charge in [0.1, 0.15) is 11.8 Å². The van der Waals surface area contributed by atoms with Gasteiger partial charge in [0.25, 0.3) is 0 Å². The van der Waals surface area contributed by atoms with Crippen molar-refractivity contribution in [3.05, 3.63) is 89.5 Å². The first-order valence-electron chi connectivity index (χ1n) is 9.75. The van der Waals surface area contributed by atoms with Gasteiger partial charge in [0.05, 0.1) is 22.6 Å². The fraction of sp³-hybridized carbons (Fsp3) is 0.174. The average Bonchev–Trinajstić information content (AvgIpc) is 3.30. The molecule has 166 valence electrons. The molecule has 0 aliphatic carbocycles. The van der Waals surface area contributed by atoms with Gasteiger partial charge in [-0.1, -0.05) is 12.1 Å². The molecule has 4 heterocycles. The third-order valence-corrected chi connectivity index (χ3v) is 5.12. The second-order valence-corrected chi connectivity index (χ2v) is 7.70. The summed E-state index contributed by atoms with van der Waals surface area (Å²) in [6.45, 7) is 3.70. The van der Waals surface area contributed by atoms with Crippen molar-refractivity contribution in [1.82, 2.24) is 24.7 Å². The van der Waals surface area contributed by atoms with Gasteiger partial charge in [-0.3, -0.25) is 4.98 Å². The summed E-state index contributed by atoms with van der Waals surface area (Å²) in [6.07, 6.45) is -3.36. The van der Waals surface area contributed by atoms with Crippen molar-refractivity contribution in [3.8, 4) is 23.1 Å². The van der Waals surface area contributed by atoms with E-state index in [1.165, 1.54) is 18.3 Å². The molecule has 0 amide bonds. The Morgan fingerprint density at radius 3 is 2.18 bits per heavy atom. The Labute approximate surface area is 186 Å². The monoisotopic (exact) mass is 452 g/mol. The van der Waals surface area contributed by atoms with Crippen molar-refractivity contribution in [1.29, 1.82) is 5.26 Å². The summed E-state index contributed by atoms with van der Waals surface area (Å²) in [7, 11) is 0. The molecule has 4 rings (SSSR count). The minimum Gasteiger partial charge on any atom is -0.252 e. The molecule has 0 aliphatic heterocycles. The molecule has 6 nitrogen and oxygen atoms in total. The number of nitrogens with zero attached hydrogens (tertiary/aromatic N) is 6. The summed E-state index contributed by atoms with van der Waals surface area (Å²) in [4.78, 5) is 12.7. The number of aromatic nitrogens is 5. The Morgan fingerprint density at radius 2 is 1.55 bits per heavy atom. The van der Waals surface area contributed by atoms with Crippen molar-refractivity contribution in [2.24, 2.45) is 0 Å². The molecule has 0 N–H and O–H groups in total. The van der Waals surface area contributed by atoms with Gasteiger partial charge in [-0.2, -0.15) is 27.9 Å². The molecule has 0 radical (unpaired) electrons. The molecule has 4 aromatic rings. The van der Waals surface area contributed by atoms with E-state index in [2.05, 4.69) is 20.1 Å². The number of alkyl halides is 3. The predicted octanol–water partition coefficient (Wildman–Crippen LogP) is 5.08. The SMILES string of the molecule is CC(C)(c1cccc(-c2ccc(C#N)nc2F)n1)c1cccc(-n2ccc(C(F)(F)F)n2)n1. The highest BCUT2D eigenvalue weighted by molar-refractivity contribution is 5.59. The maximum atomic E-state index is 14.4. The van der Waals surface area contributed by atoms with Crippen molar-refractivity contribution in [3.63, 3.8) is 0 Å². The zero-order chi connectivity index (χ0) is 23.8. The van der Waals surface area contributed by atoms with Gasteiger partial charge in [-0.05, 0) is 56.3 Å². The minimum atomic E-state index is -4.55. The largest absolute Gasteiger partial charge is 0.435 e. The molecule has 0 aromatic carbocycles. The topological polar surface area (TPSA) is 80.3 Å². The van der Waals surface area contributed by atoms with Crippen LogP contribution in [0, 0.1) is 17.3 Å². The Bertz CT molecular complexity index is 1370. The number of halogens is 4. The van der Waals surface area contributed by atoms with E-state index in [4.69, 9.17) is 5.26 Å². The van der Waals surface area contributed by atoms with E-state index < -0.39 is 23.2 Å². The summed E-state index contributed by atoms with van der Waals surface area (Å²) < 4.78 is 54.2. The second-order valence-electron chi connectivity index (χ2n) is 7.70. The van der Waals surface area contributed by atoms with Crippen LogP contribution in [0.1, 0.15) is 36.6 Å². The zero-order valence-electron chi connectivity index (χ0n) is 17.5. The quantitative estimate of drug-likeness (QED) is 0.319. The van der Waals surface area contributed by atoms with E-state index in [1.54, 1.807) is 42.5 Å². The lowest BCUT2D eigenvalue weighted by Gasteiger charge is -2.24. The molecular formula is C23H16F4N6. The van der Waals surface area contributed by atoms with Gasteiger partial charge in [0.15, 0.2) is 11.5 Å². The maximum Gasteiger partial charge on any atom is 0.435 e. The van der Waals surface area contributed by atoms with Crippen LogP contribution in [0.15, 0.2) is 60.8 Å². The van der Waals surface area contributed by atoms with Crippen molar-refractivity contribution >= 4 is 0 Å². The lowest BCUT2D eigenvalue weighted by Crippen LogP contribution is -2.23. The molecule has 0 aliphatic rings. The van der Waals surface area contributed by atoms with Gasteiger partial charge in [0.2, 0.25) is 5.95 Å². The smallest absolute Gasteiger partial charge is 0.252 e. The molecule has 0 fully saturated rings.